The largest absolute Gasteiger partial charge is 0.444 e. The number of carbonyl (C=O) groups excluding carboxylic acids is 2. The molecule has 0 saturated carbocycles. The molecule has 0 radical (unpaired) electrons. The number of urea groups is 1. The Labute approximate surface area is 108 Å². The van der Waals surface area contributed by atoms with Crippen molar-refractivity contribution in [1.82, 2.24) is 15.1 Å². The average Bonchev–Trinajstić information content (AvgIpc) is 2.18. The van der Waals surface area contributed by atoms with Gasteiger partial charge in [-0.3, -0.25) is 0 Å². The fourth-order valence-electron chi connectivity index (χ4n) is 1.47. The summed E-state index contributed by atoms with van der Waals surface area (Å²) in [5.41, 5.74) is -0.478. The van der Waals surface area contributed by atoms with Crippen molar-refractivity contribution in [3.05, 3.63) is 0 Å². The summed E-state index contributed by atoms with van der Waals surface area (Å²) in [5.74, 6) is 0. The van der Waals surface area contributed by atoms with Gasteiger partial charge in [-0.1, -0.05) is 0 Å². The van der Waals surface area contributed by atoms with Gasteiger partial charge in [0.2, 0.25) is 0 Å². The lowest BCUT2D eigenvalue weighted by molar-refractivity contribution is 0.00596. The van der Waals surface area contributed by atoms with E-state index >= 15 is 0 Å². The molecule has 1 fully saturated rings. The molecule has 0 unspecified atom stereocenters. The number of likely N-dealkylation sites (tertiary alicyclic amines) is 1. The van der Waals surface area contributed by atoms with Crippen molar-refractivity contribution < 1.29 is 14.3 Å². The first-order chi connectivity index (χ1) is 8.23. The van der Waals surface area contributed by atoms with Gasteiger partial charge in [0, 0.05) is 26.7 Å². The Morgan fingerprint density at radius 3 is 2.39 bits per heavy atom. The van der Waals surface area contributed by atoms with Crippen molar-refractivity contribution in [2.24, 2.45) is 0 Å². The fourth-order valence-corrected chi connectivity index (χ4v) is 1.47. The second kappa shape index (κ2) is 5.46. The molecule has 1 saturated heterocycles. The van der Waals surface area contributed by atoms with Crippen molar-refractivity contribution in [3.8, 4) is 0 Å². The van der Waals surface area contributed by atoms with Gasteiger partial charge in [0.25, 0.3) is 0 Å². The van der Waals surface area contributed by atoms with Crippen LogP contribution < -0.4 is 5.32 Å². The lowest BCUT2D eigenvalue weighted by Gasteiger charge is -2.40. The molecule has 0 aromatic rings. The van der Waals surface area contributed by atoms with Gasteiger partial charge in [-0.25, -0.2) is 9.59 Å². The molecule has 0 spiro atoms. The van der Waals surface area contributed by atoms with Gasteiger partial charge in [-0.2, -0.15) is 0 Å². The molecule has 1 rings (SSSR count). The summed E-state index contributed by atoms with van der Waals surface area (Å²) < 4.78 is 5.23. The van der Waals surface area contributed by atoms with Crippen molar-refractivity contribution in [1.29, 1.82) is 0 Å². The highest BCUT2D eigenvalue weighted by molar-refractivity contribution is 5.75. The molecule has 0 bridgehead atoms. The van der Waals surface area contributed by atoms with E-state index in [0.29, 0.717) is 19.6 Å². The number of ether oxygens (including phenoxy) is 1. The van der Waals surface area contributed by atoms with Crippen LogP contribution in [0.2, 0.25) is 0 Å². The maximum atomic E-state index is 11.6. The van der Waals surface area contributed by atoms with Crippen molar-refractivity contribution in [3.63, 3.8) is 0 Å². The first-order valence-electron chi connectivity index (χ1n) is 6.22. The molecule has 0 aromatic heterocycles. The Morgan fingerprint density at radius 1 is 1.39 bits per heavy atom. The minimum atomic E-state index is -0.478. The highest BCUT2D eigenvalue weighted by Gasteiger charge is 2.34. The van der Waals surface area contributed by atoms with Crippen molar-refractivity contribution in [2.45, 2.75) is 39.3 Å². The zero-order valence-electron chi connectivity index (χ0n) is 11.8. The molecule has 6 heteroatoms. The maximum Gasteiger partial charge on any atom is 0.410 e. The Hall–Kier alpha value is -1.46. The molecule has 0 aromatic carbocycles. The summed E-state index contributed by atoms with van der Waals surface area (Å²) in [6, 6.07) is -0.0784. The van der Waals surface area contributed by atoms with E-state index in [9.17, 15) is 9.59 Å². The second-order valence-electron chi connectivity index (χ2n) is 5.55. The van der Waals surface area contributed by atoms with Crippen LogP contribution in [0.4, 0.5) is 9.59 Å². The van der Waals surface area contributed by atoms with Crippen LogP contribution in [0.5, 0.6) is 0 Å². The van der Waals surface area contributed by atoms with Crippen LogP contribution in [-0.4, -0.2) is 60.2 Å². The molecule has 1 heterocycles. The van der Waals surface area contributed by atoms with E-state index in [1.807, 2.05) is 27.7 Å². The highest BCUT2D eigenvalue weighted by Crippen LogP contribution is 2.15. The van der Waals surface area contributed by atoms with Gasteiger partial charge in [-0.15, -0.1) is 0 Å². The Kier molecular flexibility index (Phi) is 4.43. The summed E-state index contributed by atoms with van der Waals surface area (Å²) in [7, 11) is 1.74. The van der Waals surface area contributed by atoms with Crippen LogP contribution in [0.3, 0.4) is 0 Å². The zero-order chi connectivity index (χ0) is 13.9. The summed E-state index contributed by atoms with van der Waals surface area (Å²) in [6.45, 7) is 9.10. The molecular weight excluding hydrogens is 234 g/mol. The maximum absolute atomic E-state index is 11.6. The molecule has 0 atom stereocenters. The lowest BCUT2D eigenvalue weighted by atomic mass is 10.1. The van der Waals surface area contributed by atoms with Crippen LogP contribution in [0.25, 0.3) is 0 Å². The number of hydrogen-bond acceptors (Lipinski definition) is 3. The Bertz CT molecular complexity index is 319. The Morgan fingerprint density at radius 2 is 1.94 bits per heavy atom. The SMILES string of the molecule is CCN(C)C(=O)NC1CN(C(=O)OC(C)(C)C)C1. The third-order valence-corrected chi connectivity index (χ3v) is 2.68. The third-order valence-electron chi connectivity index (χ3n) is 2.68. The molecule has 6 nitrogen and oxygen atoms in total. The quantitative estimate of drug-likeness (QED) is 0.810. The minimum Gasteiger partial charge on any atom is -0.444 e. The molecule has 3 amide bonds. The third kappa shape index (κ3) is 4.09. The van der Waals surface area contributed by atoms with E-state index in [4.69, 9.17) is 4.74 Å². The number of amides is 3. The van der Waals surface area contributed by atoms with Crippen molar-refractivity contribution in [2.75, 3.05) is 26.7 Å². The summed E-state index contributed by atoms with van der Waals surface area (Å²) >= 11 is 0. The van der Waals surface area contributed by atoms with Gasteiger partial charge in [0.1, 0.15) is 5.60 Å². The predicted octanol–water partition coefficient (Wildman–Crippen LogP) is 1.27. The second-order valence-corrected chi connectivity index (χ2v) is 5.55. The predicted molar refractivity (Wildman–Crippen MR) is 68.4 cm³/mol. The van der Waals surface area contributed by atoms with Gasteiger partial charge >= 0.3 is 12.1 Å². The van der Waals surface area contributed by atoms with Crippen LogP contribution in [0.15, 0.2) is 0 Å². The standard InChI is InChI=1S/C12H23N3O3/c1-6-14(5)10(16)13-9-7-15(8-9)11(17)18-12(2,3)4/h9H,6-8H2,1-5H3,(H,13,16). The van der Waals surface area contributed by atoms with E-state index in [1.165, 1.54) is 0 Å². The number of hydrogen-bond donors (Lipinski definition) is 1. The molecule has 1 N–H and O–H groups in total. The molecule has 18 heavy (non-hydrogen) atoms. The highest BCUT2D eigenvalue weighted by atomic mass is 16.6. The smallest absolute Gasteiger partial charge is 0.410 e. The van der Waals surface area contributed by atoms with E-state index < -0.39 is 5.60 Å². The topological polar surface area (TPSA) is 61.9 Å². The molecule has 1 aliphatic rings. The van der Waals surface area contributed by atoms with E-state index in [-0.39, 0.29) is 18.2 Å². The first kappa shape index (κ1) is 14.6. The van der Waals surface area contributed by atoms with Gasteiger partial charge in [0.15, 0.2) is 0 Å². The van der Waals surface area contributed by atoms with E-state index in [2.05, 4.69) is 5.32 Å². The summed E-state index contributed by atoms with van der Waals surface area (Å²) in [4.78, 5) is 26.4. The molecule has 104 valence electrons. The molecular formula is C12H23N3O3. The molecule has 0 aliphatic carbocycles. The van der Waals surface area contributed by atoms with Crippen molar-refractivity contribution >= 4 is 12.1 Å². The molecule has 1 aliphatic heterocycles. The lowest BCUT2D eigenvalue weighted by Crippen LogP contribution is -2.62. The normalized spacial score (nSPS) is 15.9. The first-order valence-corrected chi connectivity index (χ1v) is 6.22. The van der Waals surface area contributed by atoms with E-state index in [0.717, 1.165) is 0 Å². The summed E-state index contributed by atoms with van der Waals surface area (Å²) in [5, 5.41) is 2.85. The minimum absolute atomic E-state index is 0.0269. The Balaban J connectivity index is 2.28. The number of nitrogens with zero attached hydrogens (tertiary/aromatic N) is 2. The van der Waals surface area contributed by atoms with Gasteiger partial charge in [0.05, 0.1) is 6.04 Å². The van der Waals surface area contributed by atoms with Gasteiger partial charge < -0.3 is 19.9 Å². The fraction of sp³-hybridized carbons (Fsp3) is 0.833. The monoisotopic (exact) mass is 257 g/mol. The summed E-state index contributed by atoms with van der Waals surface area (Å²) in [6.07, 6.45) is -0.322. The van der Waals surface area contributed by atoms with E-state index in [1.54, 1.807) is 16.8 Å². The van der Waals surface area contributed by atoms with Crippen LogP contribution in [0.1, 0.15) is 27.7 Å². The van der Waals surface area contributed by atoms with Gasteiger partial charge in [-0.05, 0) is 27.7 Å². The number of nitrogens with one attached hydrogen (secondary N) is 1. The average molecular weight is 257 g/mol. The van der Waals surface area contributed by atoms with Crippen LogP contribution in [0, 0.1) is 0 Å². The van der Waals surface area contributed by atoms with Crippen LogP contribution in [-0.2, 0) is 4.74 Å². The number of carbonyl (C=O) groups is 2. The van der Waals surface area contributed by atoms with Crippen LogP contribution >= 0.6 is 0 Å². The number of rotatable bonds is 2. The zero-order valence-corrected chi connectivity index (χ0v) is 11.8.